The van der Waals surface area contributed by atoms with Gasteiger partial charge in [0.25, 0.3) is 0 Å². The van der Waals surface area contributed by atoms with E-state index in [0.29, 0.717) is 11.1 Å². The molecule has 0 aliphatic carbocycles. The van der Waals surface area contributed by atoms with Gasteiger partial charge in [-0.1, -0.05) is 12.1 Å². The zero-order valence-electron chi connectivity index (χ0n) is 9.09. The molecule has 2 nitrogen and oxygen atoms in total. The lowest BCUT2D eigenvalue weighted by Gasteiger charge is -2.13. The number of aliphatic hydroxyl groups excluding tert-OH is 1. The van der Waals surface area contributed by atoms with Gasteiger partial charge in [0.2, 0.25) is 0 Å². The highest BCUT2D eigenvalue weighted by Gasteiger charge is 2.27. The van der Waals surface area contributed by atoms with Crippen LogP contribution in [0.25, 0.3) is 0 Å². The van der Waals surface area contributed by atoms with Crippen molar-refractivity contribution < 1.29 is 27.4 Å². The van der Waals surface area contributed by atoms with Gasteiger partial charge in [0.1, 0.15) is 18.5 Å². The molecule has 0 aliphatic heterocycles. The molecule has 96 valence electrons. The number of halogens is 4. The molecular weight excluding hydrogens is 240 g/mol. The molecule has 1 rings (SSSR count). The second-order valence-corrected chi connectivity index (χ2v) is 3.65. The van der Waals surface area contributed by atoms with Gasteiger partial charge in [-0.15, -0.1) is 0 Å². The molecule has 0 fully saturated rings. The van der Waals surface area contributed by atoms with Gasteiger partial charge in [-0.25, -0.2) is 4.39 Å². The summed E-state index contributed by atoms with van der Waals surface area (Å²) in [4.78, 5) is 0. The van der Waals surface area contributed by atoms with Crippen molar-refractivity contribution in [2.45, 2.75) is 19.2 Å². The van der Waals surface area contributed by atoms with Crippen molar-refractivity contribution in [3.63, 3.8) is 0 Å². The first-order chi connectivity index (χ1) is 7.79. The van der Waals surface area contributed by atoms with E-state index in [-0.39, 0.29) is 0 Å². The van der Waals surface area contributed by atoms with E-state index >= 15 is 0 Å². The SMILES string of the molecule is Cc1cc(C(O)COCC(F)(F)F)ccc1F. The first kappa shape index (κ1) is 13.9. The van der Waals surface area contributed by atoms with Crippen LogP contribution in [0.1, 0.15) is 17.2 Å². The average Bonchev–Trinajstić information content (AvgIpc) is 2.20. The summed E-state index contributed by atoms with van der Waals surface area (Å²) < 4.78 is 52.5. The Labute approximate surface area is 95.8 Å². The molecule has 1 N–H and O–H groups in total. The molecule has 0 saturated carbocycles. The Hall–Kier alpha value is -1.14. The Kier molecular flexibility index (Phi) is 4.47. The van der Waals surface area contributed by atoms with Gasteiger partial charge < -0.3 is 9.84 Å². The molecule has 1 atom stereocenters. The highest BCUT2D eigenvalue weighted by atomic mass is 19.4. The standard InChI is InChI=1S/C11H12F4O2/c1-7-4-8(2-3-9(7)12)10(16)5-17-6-11(13,14)15/h2-4,10,16H,5-6H2,1H3. The molecule has 0 saturated heterocycles. The molecule has 0 spiro atoms. The lowest BCUT2D eigenvalue weighted by Crippen LogP contribution is -2.19. The number of ether oxygens (including phenoxy) is 1. The summed E-state index contributed by atoms with van der Waals surface area (Å²) in [5.41, 5.74) is 0.642. The van der Waals surface area contributed by atoms with Crippen LogP contribution in [0.5, 0.6) is 0 Å². The van der Waals surface area contributed by atoms with E-state index in [4.69, 9.17) is 0 Å². The van der Waals surface area contributed by atoms with Crippen LogP contribution in [0.4, 0.5) is 17.6 Å². The largest absolute Gasteiger partial charge is 0.411 e. The number of aryl methyl sites for hydroxylation is 1. The van der Waals surface area contributed by atoms with Crippen molar-refractivity contribution in [1.82, 2.24) is 0 Å². The normalized spacial score (nSPS) is 13.8. The Bertz CT molecular complexity index is 376. The van der Waals surface area contributed by atoms with E-state index in [0.717, 1.165) is 6.07 Å². The van der Waals surface area contributed by atoms with Gasteiger partial charge >= 0.3 is 6.18 Å². The summed E-state index contributed by atoms with van der Waals surface area (Å²) in [5, 5.41) is 9.52. The molecule has 1 unspecified atom stereocenters. The predicted molar refractivity (Wildman–Crippen MR) is 53.0 cm³/mol. The third kappa shape index (κ3) is 4.70. The van der Waals surface area contributed by atoms with Crippen LogP contribution in [0, 0.1) is 12.7 Å². The number of rotatable bonds is 4. The van der Waals surface area contributed by atoms with Crippen molar-refractivity contribution in [2.75, 3.05) is 13.2 Å². The summed E-state index contributed by atoms with van der Waals surface area (Å²) in [5.74, 6) is -0.433. The third-order valence-electron chi connectivity index (χ3n) is 2.11. The van der Waals surface area contributed by atoms with E-state index in [9.17, 15) is 22.7 Å². The van der Waals surface area contributed by atoms with Crippen LogP contribution in [0.2, 0.25) is 0 Å². The smallest absolute Gasteiger partial charge is 0.386 e. The Morgan fingerprint density at radius 1 is 1.35 bits per heavy atom. The molecule has 1 aromatic rings. The van der Waals surface area contributed by atoms with E-state index in [2.05, 4.69) is 4.74 Å². The van der Waals surface area contributed by atoms with E-state index in [1.807, 2.05) is 0 Å². The topological polar surface area (TPSA) is 29.5 Å². The number of benzene rings is 1. The minimum absolute atomic E-state index is 0.317. The third-order valence-corrected chi connectivity index (χ3v) is 2.11. The van der Waals surface area contributed by atoms with E-state index in [1.54, 1.807) is 0 Å². The Morgan fingerprint density at radius 3 is 2.53 bits per heavy atom. The molecule has 0 aliphatic rings. The Balaban J connectivity index is 2.52. The minimum Gasteiger partial charge on any atom is -0.386 e. The molecule has 17 heavy (non-hydrogen) atoms. The van der Waals surface area contributed by atoms with Crippen molar-refractivity contribution in [3.8, 4) is 0 Å². The zero-order chi connectivity index (χ0) is 13.1. The molecule has 0 radical (unpaired) electrons. The van der Waals surface area contributed by atoms with Crippen LogP contribution in [0.15, 0.2) is 18.2 Å². The summed E-state index contributed by atoms with van der Waals surface area (Å²) in [6, 6.07) is 3.83. The van der Waals surface area contributed by atoms with Gasteiger partial charge in [-0.2, -0.15) is 13.2 Å². The molecule has 0 amide bonds. The number of alkyl halides is 3. The van der Waals surface area contributed by atoms with Crippen molar-refractivity contribution in [2.24, 2.45) is 0 Å². The molecule has 6 heteroatoms. The lowest BCUT2D eigenvalue weighted by molar-refractivity contribution is -0.179. The minimum atomic E-state index is -4.42. The first-order valence-electron chi connectivity index (χ1n) is 4.88. The van der Waals surface area contributed by atoms with Gasteiger partial charge in [0, 0.05) is 0 Å². The molecule has 1 aromatic carbocycles. The highest BCUT2D eigenvalue weighted by molar-refractivity contribution is 5.25. The monoisotopic (exact) mass is 252 g/mol. The summed E-state index contributed by atoms with van der Waals surface area (Å²) in [6.45, 7) is -0.392. The lowest BCUT2D eigenvalue weighted by atomic mass is 10.1. The quantitative estimate of drug-likeness (QED) is 0.835. The number of aliphatic hydroxyl groups is 1. The van der Waals surface area contributed by atoms with Crippen LogP contribution < -0.4 is 0 Å². The van der Waals surface area contributed by atoms with Crippen molar-refractivity contribution in [3.05, 3.63) is 35.1 Å². The predicted octanol–water partition coefficient (Wildman–Crippen LogP) is 2.75. The van der Waals surface area contributed by atoms with E-state index in [1.165, 1.54) is 19.1 Å². The van der Waals surface area contributed by atoms with Crippen LogP contribution >= 0.6 is 0 Å². The van der Waals surface area contributed by atoms with Gasteiger partial charge in [0.05, 0.1) is 6.61 Å². The first-order valence-corrected chi connectivity index (χ1v) is 4.88. The maximum absolute atomic E-state index is 12.9. The highest BCUT2D eigenvalue weighted by Crippen LogP contribution is 2.19. The fraction of sp³-hybridized carbons (Fsp3) is 0.455. The van der Waals surface area contributed by atoms with Crippen molar-refractivity contribution >= 4 is 0 Å². The van der Waals surface area contributed by atoms with Gasteiger partial charge in [0.15, 0.2) is 0 Å². The zero-order valence-corrected chi connectivity index (χ0v) is 9.09. The summed E-state index contributed by atoms with van der Waals surface area (Å²) >= 11 is 0. The van der Waals surface area contributed by atoms with Crippen LogP contribution in [-0.4, -0.2) is 24.5 Å². The van der Waals surface area contributed by atoms with Gasteiger partial charge in [-0.3, -0.25) is 0 Å². The number of hydrogen-bond acceptors (Lipinski definition) is 2. The second kappa shape index (κ2) is 5.46. The maximum Gasteiger partial charge on any atom is 0.411 e. The fourth-order valence-corrected chi connectivity index (χ4v) is 1.26. The fourth-order valence-electron chi connectivity index (χ4n) is 1.26. The molecular formula is C11H12F4O2. The summed E-state index contributed by atoms with van der Waals surface area (Å²) in [6.07, 6.45) is -5.62. The average molecular weight is 252 g/mol. The van der Waals surface area contributed by atoms with Gasteiger partial charge in [-0.05, 0) is 24.1 Å². The van der Waals surface area contributed by atoms with Crippen molar-refractivity contribution in [1.29, 1.82) is 0 Å². The molecule has 0 heterocycles. The molecule has 0 bridgehead atoms. The second-order valence-electron chi connectivity index (χ2n) is 3.65. The van der Waals surface area contributed by atoms with Crippen LogP contribution in [0.3, 0.4) is 0 Å². The Morgan fingerprint density at radius 2 is 2.00 bits per heavy atom. The number of hydrogen-bond donors (Lipinski definition) is 1. The maximum atomic E-state index is 12.9. The summed E-state index contributed by atoms with van der Waals surface area (Å²) in [7, 11) is 0. The van der Waals surface area contributed by atoms with E-state index < -0.39 is 31.3 Å². The molecule has 0 aromatic heterocycles. The van der Waals surface area contributed by atoms with Crippen LogP contribution in [-0.2, 0) is 4.74 Å².